The normalized spacial score (nSPS) is 11.1. The average molecular weight is 429 g/mol. The van der Waals surface area contributed by atoms with E-state index < -0.39 is 0 Å². The molecular formula is C19H17ClN6O2S. The first-order valence-corrected chi connectivity index (χ1v) is 10.1. The number of para-hydroxylation sites is 1. The number of rotatable bonds is 6. The van der Waals surface area contributed by atoms with Crippen molar-refractivity contribution in [3.8, 4) is 5.69 Å². The van der Waals surface area contributed by atoms with E-state index in [1.807, 2.05) is 25.1 Å². The molecule has 0 fully saturated rings. The first-order chi connectivity index (χ1) is 14.0. The van der Waals surface area contributed by atoms with E-state index in [0.29, 0.717) is 39.2 Å². The summed E-state index contributed by atoms with van der Waals surface area (Å²) in [5.74, 6) is 0.616. The van der Waals surface area contributed by atoms with E-state index in [2.05, 4.69) is 20.5 Å². The SMILES string of the molecule is Cc1[nH]nc2nc(SCC(=O)NCc3ccco3)n(-c3ccccc3Cl)c(=N)c12. The third kappa shape index (κ3) is 3.92. The van der Waals surface area contributed by atoms with Crippen molar-refractivity contribution in [1.82, 2.24) is 25.1 Å². The molecule has 0 radical (unpaired) electrons. The molecule has 1 aromatic carbocycles. The van der Waals surface area contributed by atoms with Crippen molar-refractivity contribution in [3.63, 3.8) is 0 Å². The highest BCUT2D eigenvalue weighted by Gasteiger charge is 2.17. The Hall–Kier alpha value is -3.04. The molecule has 4 aromatic rings. The Morgan fingerprint density at radius 2 is 2.17 bits per heavy atom. The van der Waals surface area contributed by atoms with Crippen molar-refractivity contribution in [2.45, 2.75) is 18.6 Å². The minimum absolute atomic E-state index is 0.118. The molecule has 0 saturated carbocycles. The van der Waals surface area contributed by atoms with Crippen LogP contribution in [-0.4, -0.2) is 31.4 Å². The molecule has 1 amide bonds. The van der Waals surface area contributed by atoms with Crippen LogP contribution in [0.5, 0.6) is 0 Å². The van der Waals surface area contributed by atoms with Gasteiger partial charge in [0, 0.05) is 5.69 Å². The molecule has 0 aliphatic rings. The molecule has 0 atom stereocenters. The fraction of sp³-hybridized carbons (Fsp3) is 0.158. The van der Waals surface area contributed by atoms with E-state index in [4.69, 9.17) is 21.4 Å². The van der Waals surface area contributed by atoms with Gasteiger partial charge in [-0.1, -0.05) is 35.5 Å². The standard InChI is InChI=1S/C19H17ClN6O2S/c1-11-16-17(21)26(14-7-3-2-6-13(14)20)19(23-18(16)25-24-11)29-10-15(27)22-9-12-5-4-8-28-12/h2-8,21H,9-10H2,1H3,(H,22,27)(H,24,25). The van der Waals surface area contributed by atoms with Crippen LogP contribution in [-0.2, 0) is 11.3 Å². The summed E-state index contributed by atoms with van der Waals surface area (Å²) in [5.41, 5.74) is 1.99. The first kappa shape index (κ1) is 19.3. The number of carbonyl (C=O) groups excluding carboxylic acids is 1. The molecule has 0 aliphatic carbocycles. The molecule has 3 N–H and O–H groups in total. The number of benzene rings is 1. The van der Waals surface area contributed by atoms with Gasteiger partial charge < -0.3 is 9.73 Å². The Balaban J connectivity index is 1.66. The zero-order valence-corrected chi connectivity index (χ0v) is 17.0. The van der Waals surface area contributed by atoms with Gasteiger partial charge in [-0.3, -0.25) is 19.9 Å². The van der Waals surface area contributed by atoms with E-state index >= 15 is 0 Å². The molecule has 0 spiro atoms. The number of furan rings is 1. The number of H-pyrrole nitrogens is 1. The van der Waals surface area contributed by atoms with Gasteiger partial charge in [0.1, 0.15) is 11.2 Å². The summed E-state index contributed by atoms with van der Waals surface area (Å²) in [7, 11) is 0. The van der Waals surface area contributed by atoms with Gasteiger partial charge in [-0.2, -0.15) is 5.10 Å². The number of nitrogens with zero attached hydrogens (tertiary/aromatic N) is 3. The third-order valence-corrected chi connectivity index (χ3v) is 5.51. The van der Waals surface area contributed by atoms with Crippen LogP contribution in [0.1, 0.15) is 11.5 Å². The smallest absolute Gasteiger partial charge is 0.230 e. The van der Waals surface area contributed by atoms with Gasteiger partial charge in [0.2, 0.25) is 5.91 Å². The third-order valence-electron chi connectivity index (χ3n) is 4.25. The van der Waals surface area contributed by atoms with Crippen LogP contribution in [0.2, 0.25) is 5.02 Å². The fourth-order valence-corrected chi connectivity index (χ4v) is 3.91. The van der Waals surface area contributed by atoms with E-state index in [0.717, 1.165) is 5.69 Å². The average Bonchev–Trinajstić information content (AvgIpc) is 3.36. The predicted molar refractivity (Wildman–Crippen MR) is 110 cm³/mol. The van der Waals surface area contributed by atoms with Crippen LogP contribution < -0.4 is 10.8 Å². The first-order valence-electron chi connectivity index (χ1n) is 8.73. The van der Waals surface area contributed by atoms with Crippen molar-refractivity contribution >= 4 is 40.3 Å². The maximum absolute atomic E-state index is 12.3. The topological polar surface area (TPSA) is 113 Å². The number of halogens is 1. The Kier molecular flexibility index (Phi) is 5.41. The summed E-state index contributed by atoms with van der Waals surface area (Å²) in [4.78, 5) is 16.8. The quantitative estimate of drug-likeness (QED) is 0.322. The van der Waals surface area contributed by atoms with E-state index in [-0.39, 0.29) is 17.1 Å². The van der Waals surface area contributed by atoms with Crippen LogP contribution in [0.3, 0.4) is 0 Å². The van der Waals surface area contributed by atoms with Crippen LogP contribution in [0, 0.1) is 12.3 Å². The summed E-state index contributed by atoms with van der Waals surface area (Å²) in [5, 5.41) is 20.1. The highest BCUT2D eigenvalue weighted by atomic mass is 35.5. The largest absolute Gasteiger partial charge is 0.467 e. The molecule has 3 aromatic heterocycles. The molecule has 29 heavy (non-hydrogen) atoms. The van der Waals surface area contributed by atoms with Gasteiger partial charge in [-0.05, 0) is 31.2 Å². The lowest BCUT2D eigenvalue weighted by Gasteiger charge is -2.14. The van der Waals surface area contributed by atoms with Crippen molar-refractivity contribution in [2.24, 2.45) is 0 Å². The van der Waals surface area contributed by atoms with Crippen molar-refractivity contribution in [1.29, 1.82) is 5.41 Å². The van der Waals surface area contributed by atoms with E-state index in [1.54, 1.807) is 29.0 Å². The number of hydrogen-bond acceptors (Lipinski definition) is 6. The van der Waals surface area contributed by atoms with Crippen LogP contribution in [0.15, 0.2) is 52.2 Å². The van der Waals surface area contributed by atoms with Crippen LogP contribution >= 0.6 is 23.4 Å². The highest BCUT2D eigenvalue weighted by Crippen LogP contribution is 2.25. The lowest BCUT2D eigenvalue weighted by molar-refractivity contribution is -0.118. The van der Waals surface area contributed by atoms with Gasteiger partial charge in [0.25, 0.3) is 0 Å². The minimum Gasteiger partial charge on any atom is -0.467 e. The van der Waals surface area contributed by atoms with E-state index in [9.17, 15) is 4.79 Å². The number of carbonyl (C=O) groups is 1. The Bertz CT molecular complexity index is 1230. The fourth-order valence-electron chi connectivity index (χ4n) is 2.86. The lowest BCUT2D eigenvalue weighted by Crippen LogP contribution is -2.26. The van der Waals surface area contributed by atoms with Gasteiger partial charge in [0.05, 0.1) is 34.7 Å². The molecule has 0 aliphatic heterocycles. The maximum Gasteiger partial charge on any atom is 0.230 e. The second-order valence-electron chi connectivity index (χ2n) is 6.22. The molecule has 8 nitrogen and oxygen atoms in total. The number of amides is 1. The lowest BCUT2D eigenvalue weighted by atomic mass is 10.3. The van der Waals surface area contributed by atoms with Gasteiger partial charge in [-0.25, -0.2) is 4.98 Å². The Labute approximate surface area is 174 Å². The molecule has 4 rings (SSSR count). The zero-order valence-electron chi connectivity index (χ0n) is 15.4. The summed E-state index contributed by atoms with van der Waals surface area (Å²) >= 11 is 7.59. The van der Waals surface area contributed by atoms with E-state index in [1.165, 1.54) is 11.8 Å². The molecule has 0 unspecified atom stereocenters. The number of fused-ring (bicyclic) bond motifs is 1. The predicted octanol–water partition coefficient (Wildman–Crippen LogP) is 3.19. The second-order valence-corrected chi connectivity index (χ2v) is 7.57. The maximum atomic E-state index is 12.3. The van der Waals surface area contributed by atoms with Crippen LogP contribution in [0.25, 0.3) is 16.7 Å². The number of nitrogens with one attached hydrogen (secondary N) is 3. The van der Waals surface area contributed by atoms with Gasteiger partial charge >= 0.3 is 0 Å². The minimum atomic E-state index is -0.177. The highest BCUT2D eigenvalue weighted by molar-refractivity contribution is 7.99. The zero-order chi connectivity index (χ0) is 20.4. The molecule has 148 valence electrons. The van der Waals surface area contributed by atoms with Crippen molar-refractivity contribution in [3.05, 3.63) is 64.6 Å². The molecule has 3 heterocycles. The Morgan fingerprint density at radius 3 is 2.93 bits per heavy atom. The molecule has 10 heteroatoms. The van der Waals surface area contributed by atoms with Crippen molar-refractivity contribution < 1.29 is 9.21 Å². The number of thioether (sulfide) groups is 1. The molecular weight excluding hydrogens is 412 g/mol. The van der Waals surface area contributed by atoms with Gasteiger partial charge in [0.15, 0.2) is 10.8 Å². The number of hydrogen-bond donors (Lipinski definition) is 3. The molecule has 0 bridgehead atoms. The second kappa shape index (κ2) is 8.14. The Morgan fingerprint density at radius 1 is 1.34 bits per heavy atom. The van der Waals surface area contributed by atoms with Gasteiger partial charge in [-0.15, -0.1) is 0 Å². The van der Waals surface area contributed by atoms with Crippen molar-refractivity contribution in [2.75, 3.05) is 5.75 Å². The molecule has 0 saturated heterocycles. The monoisotopic (exact) mass is 428 g/mol. The number of aryl methyl sites for hydroxylation is 1. The number of aromatic nitrogens is 4. The summed E-state index contributed by atoms with van der Waals surface area (Å²) in [6, 6.07) is 10.8. The summed E-state index contributed by atoms with van der Waals surface area (Å²) < 4.78 is 6.85. The summed E-state index contributed by atoms with van der Waals surface area (Å²) in [6.07, 6.45) is 1.56. The summed E-state index contributed by atoms with van der Waals surface area (Å²) in [6.45, 7) is 2.15. The number of aromatic amines is 1. The van der Waals surface area contributed by atoms with Crippen LogP contribution in [0.4, 0.5) is 0 Å².